The van der Waals surface area contributed by atoms with E-state index in [1.54, 1.807) is 0 Å². The molecule has 0 amide bonds. The Bertz CT molecular complexity index is 560. The molecule has 1 fully saturated rings. The minimum Gasteiger partial charge on any atom is -0.421 e. The van der Waals surface area contributed by atoms with Crippen LogP contribution in [0.3, 0.4) is 0 Å². The molecule has 1 unspecified atom stereocenters. The Morgan fingerprint density at radius 2 is 2.11 bits per heavy atom. The van der Waals surface area contributed by atoms with Crippen molar-refractivity contribution in [2.24, 2.45) is 5.92 Å². The van der Waals surface area contributed by atoms with Gasteiger partial charge in [-0.05, 0) is 37.3 Å². The molecule has 3 rings (SSSR count). The molecule has 1 atom stereocenters. The van der Waals surface area contributed by atoms with Gasteiger partial charge in [0.1, 0.15) is 0 Å². The van der Waals surface area contributed by atoms with Gasteiger partial charge in [-0.25, -0.2) is 0 Å². The molecule has 1 aliphatic carbocycles. The lowest BCUT2D eigenvalue weighted by Gasteiger charge is -2.19. The standard InChI is InChI=1S/C15H19N3O/c1-3-13(11-8-9-11)16-14-7-5-4-6-12(14)15-18-17-10(2)19-15/h4-7,11,13,16H,3,8-9H2,1-2H3. The highest BCUT2D eigenvalue weighted by Gasteiger charge is 2.30. The molecule has 0 bridgehead atoms. The van der Waals surface area contributed by atoms with Crippen molar-refractivity contribution in [1.29, 1.82) is 0 Å². The second kappa shape index (κ2) is 5.03. The second-order valence-corrected chi connectivity index (χ2v) is 5.17. The molecule has 4 heteroatoms. The molecule has 1 aromatic heterocycles. The summed E-state index contributed by atoms with van der Waals surface area (Å²) in [4.78, 5) is 0. The number of nitrogens with zero attached hydrogens (tertiary/aromatic N) is 2. The summed E-state index contributed by atoms with van der Waals surface area (Å²) < 4.78 is 5.54. The van der Waals surface area contributed by atoms with Gasteiger partial charge < -0.3 is 9.73 Å². The van der Waals surface area contributed by atoms with E-state index in [0.29, 0.717) is 17.8 Å². The van der Waals surface area contributed by atoms with Gasteiger partial charge >= 0.3 is 0 Å². The van der Waals surface area contributed by atoms with E-state index in [2.05, 4.69) is 28.5 Å². The monoisotopic (exact) mass is 257 g/mol. The maximum absolute atomic E-state index is 5.54. The van der Waals surface area contributed by atoms with Crippen molar-refractivity contribution in [2.45, 2.75) is 39.2 Å². The van der Waals surface area contributed by atoms with E-state index in [9.17, 15) is 0 Å². The SMILES string of the molecule is CCC(Nc1ccccc1-c1nnc(C)o1)C1CC1. The van der Waals surface area contributed by atoms with Crippen molar-refractivity contribution < 1.29 is 4.42 Å². The molecule has 0 aliphatic heterocycles. The Labute approximate surface area is 113 Å². The van der Waals surface area contributed by atoms with Crippen LogP contribution in [0, 0.1) is 12.8 Å². The van der Waals surface area contributed by atoms with Crippen LogP contribution in [-0.4, -0.2) is 16.2 Å². The van der Waals surface area contributed by atoms with E-state index in [0.717, 1.165) is 23.6 Å². The first kappa shape index (κ1) is 12.2. The summed E-state index contributed by atoms with van der Waals surface area (Å²) in [6, 6.07) is 8.69. The van der Waals surface area contributed by atoms with Crippen LogP contribution in [0.25, 0.3) is 11.5 Å². The maximum atomic E-state index is 5.54. The summed E-state index contributed by atoms with van der Waals surface area (Å²) in [7, 11) is 0. The third-order valence-electron chi connectivity index (χ3n) is 3.66. The number of hydrogen-bond donors (Lipinski definition) is 1. The van der Waals surface area contributed by atoms with Gasteiger partial charge in [-0.15, -0.1) is 10.2 Å². The van der Waals surface area contributed by atoms with Crippen LogP contribution in [0.1, 0.15) is 32.1 Å². The van der Waals surface area contributed by atoms with Crippen LogP contribution in [-0.2, 0) is 0 Å². The molecule has 2 aromatic rings. The first-order valence-corrected chi connectivity index (χ1v) is 6.94. The highest BCUT2D eigenvalue weighted by molar-refractivity contribution is 5.72. The lowest BCUT2D eigenvalue weighted by Crippen LogP contribution is -2.21. The van der Waals surface area contributed by atoms with Crippen molar-refractivity contribution in [1.82, 2.24) is 10.2 Å². The Kier molecular flexibility index (Phi) is 3.23. The average molecular weight is 257 g/mol. The van der Waals surface area contributed by atoms with Crippen LogP contribution in [0.15, 0.2) is 28.7 Å². The van der Waals surface area contributed by atoms with Crippen LogP contribution >= 0.6 is 0 Å². The van der Waals surface area contributed by atoms with E-state index in [1.807, 2.05) is 25.1 Å². The number of para-hydroxylation sites is 1. The lowest BCUT2D eigenvalue weighted by atomic mass is 10.1. The highest BCUT2D eigenvalue weighted by atomic mass is 16.4. The van der Waals surface area contributed by atoms with Crippen molar-refractivity contribution >= 4 is 5.69 Å². The molecule has 1 aromatic carbocycles. The van der Waals surface area contributed by atoms with Crippen molar-refractivity contribution in [2.75, 3.05) is 5.32 Å². The van der Waals surface area contributed by atoms with Gasteiger partial charge in [-0.2, -0.15) is 0 Å². The number of hydrogen-bond acceptors (Lipinski definition) is 4. The number of rotatable bonds is 5. The smallest absolute Gasteiger partial charge is 0.249 e. The number of aryl methyl sites for hydroxylation is 1. The molecule has 0 spiro atoms. The highest BCUT2D eigenvalue weighted by Crippen LogP contribution is 2.37. The number of aromatic nitrogens is 2. The third kappa shape index (κ3) is 2.62. The molecule has 1 saturated carbocycles. The van der Waals surface area contributed by atoms with E-state index >= 15 is 0 Å². The van der Waals surface area contributed by atoms with Gasteiger partial charge in [0.25, 0.3) is 0 Å². The molecule has 0 saturated heterocycles. The quantitative estimate of drug-likeness (QED) is 0.888. The lowest BCUT2D eigenvalue weighted by molar-refractivity contribution is 0.532. The Hall–Kier alpha value is -1.84. The van der Waals surface area contributed by atoms with Crippen LogP contribution in [0.2, 0.25) is 0 Å². The van der Waals surface area contributed by atoms with Gasteiger partial charge in [-0.1, -0.05) is 19.1 Å². The molecule has 100 valence electrons. The van der Waals surface area contributed by atoms with Crippen molar-refractivity contribution in [3.8, 4) is 11.5 Å². The Morgan fingerprint density at radius 3 is 2.74 bits per heavy atom. The summed E-state index contributed by atoms with van der Waals surface area (Å²) in [6.45, 7) is 4.04. The first-order chi connectivity index (χ1) is 9.28. The summed E-state index contributed by atoms with van der Waals surface area (Å²) in [6.07, 6.45) is 3.82. The molecule has 0 radical (unpaired) electrons. The van der Waals surface area contributed by atoms with E-state index in [1.165, 1.54) is 12.8 Å². The van der Waals surface area contributed by atoms with E-state index in [-0.39, 0.29) is 0 Å². The van der Waals surface area contributed by atoms with Crippen molar-refractivity contribution in [3.63, 3.8) is 0 Å². The fourth-order valence-corrected chi connectivity index (χ4v) is 2.45. The number of nitrogens with one attached hydrogen (secondary N) is 1. The molecule has 4 nitrogen and oxygen atoms in total. The summed E-state index contributed by atoms with van der Waals surface area (Å²) in [5, 5.41) is 11.7. The van der Waals surface area contributed by atoms with Gasteiger partial charge in [0.15, 0.2) is 0 Å². The summed E-state index contributed by atoms with van der Waals surface area (Å²) >= 11 is 0. The summed E-state index contributed by atoms with van der Waals surface area (Å²) in [5.74, 6) is 2.01. The predicted octanol–water partition coefficient (Wildman–Crippen LogP) is 3.65. The molecular formula is C15H19N3O. The largest absolute Gasteiger partial charge is 0.421 e. The van der Waals surface area contributed by atoms with Gasteiger partial charge in [0, 0.05) is 18.7 Å². The zero-order chi connectivity index (χ0) is 13.2. The Morgan fingerprint density at radius 1 is 1.32 bits per heavy atom. The molecule has 1 heterocycles. The maximum Gasteiger partial charge on any atom is 0.249 e. The van der Waals surface area contributed by atoms with E-state index in [4.69, 9.17) is 4.42 Å². The topological polar surface area (TPSA) is 51.0 Å². The first-order valence-electron chi connectivity index (χ1n) is 6.94. The third-order valence-corrected chi connectivity index (χ3v) is 3.66. The fourth-order valence-electron chi connectivity index (χ4n) is 2.45. The van der Waals surface area contributed by atoms with Crippen LogP contribution < -0.4 is 5.32 Å². The fraction of sp³-hybridized carbons (Fsp3) is 0.467. The predicted molar refractivity (Wildman–Crippen MR) is 74.9 cm³/mol. The zero-order valence-corrected chi connectivity index (χ0v) is 11.4. The van der Waals surface area contributed by atoms with Crippen LogP contribution in [0.5, 0.6) is 0 Å². The number of benzene rings is 1. The minimum absolute atomic E-state index is 0.546. The minimum atomic E-state index is 0.546. The van der Waals surface area contributed by atoms with Crippen LogP contribution in [0.4, 0.5) is 5.69 Å². The van der Waals surface area contributed by atoms with Gasteiger partial charge in [-0.3, -0.25) is 0 Å². The summed E-state index contributed by atoms with van der Waals surface area (Å²) in [5.41, 5.74) is 2.08. The molecular weight excluding hydrogens is 238 g/mol. The van der Waals surface area contributed by atoms with Gasteiger partial charge in [0.05, 0.1) is 5.56 Å². The number of anilines is 1. The van der Waals surface area contributed by atoms with Gasteiger partial charge in [0.2, 0.25) is 11.8 Å². The average Bonchev–Trinajstić information content (AvgIpc) is 3.18. The van der Waals surface area contributed by atoms with Crippen molar-refractivity contribution in [3.05, 3.63) is 30.2 Å². The second-order valence-electron chi connectivity index (χ2n) is 5.17. The molecule has 19 heavy (non-hydrogen) atoms. The molecule has 1 N–H and O–H groups in total. The zero-order valence-electron chi connectivity index (χ0n) is 11.4. The molecule has 1 aliphatic rings. The normalized spacial score (nSPS) is 16.3. The van der Waals surface area contributed by atoms with E-state index < -0.39 is 0 Å². The Balaban J connectivity index is 1.88.